The Balaban J connectivity index is 3.00. The number of hydrogen-bond acceptors (Lipinski definition) is 3. The van der Waals surface area contributed by atoms with Crippen molar-refractivity contribution >= 4 is 5.69 Å². The van der Waals surface area contributed by atoms with E-state index in [2.05, 4.69) is 30.9 Å². The Kier molecular flexibility index (Phi) is 5.45. The Morgan fingerprint density at radius 3 is 2.41 bits per heavy atom. The van der Waals surface area contributed by atoms with Crippen LogP contribution in [0.25, 0.3) is 0 Å². The quantitative estimate of drug-likeness (QED) is 0.797. The first kappa shape index (κ1) is 14.0. The number of para-hydroxylation sites is 1. The molecule has 1 aromatic rings. The maximum Gasteiger partial charge on any atom is 0.0447 e. The molecule has 1 rings (SSSR count). The summed E-state index contributed by atoms with van der Waals surface area (Å²) < 4.78 is 0. The van der Waals surface area contributed by atoms with E-state index in [4.69, 9.17) is 10.8 Å². The molecule has 0 bridgehead atoms. The van der Waals surface area contributed by atoms with Gasteiger partial charge < -0.3 is 15.7 Å². The largest absolute Gasteiger partial charge is 0.396 e. The fraction of sp³-hybridized carbons (Fsp3) is 0.571. The molecule has 0 heterocycles. The van der Waals surface area contributed by atoms with E-state index in [1.165, 1.54) is 11.3 Å². The van der Waals surface area contributed by atoms with Gasteiger partial charge in [-0.05, 0) is 38.8 Å². The van der Waals surface area contributed by atoms with Gasteiger partial charge in [0.25, 0.3) is 0 Å². The minimum atomic E-state index is 0.0292. The van der Waals surface area contributed by atoms with E-state index in [1.807, 2.05) is 19.1 Å². The summed E-state index contributed by atoms with van der Waals surface area (Å²) in [5, 5.41) is 8.97. The van der Waals surface area contributed by atoms with Crippen LogP contribution in [0.15, 0.2) is 24.3 Å². The van der Waals surface area contributed by atoms with E-state index in [1.54, 1.807) is 0 Å². The third kappa shape index (κ3) is 3.72. The summed E-state index contributed by atoms with van der Waals surface area (Å²) >= 11 is 0. The summed E-state index contributed by atoms with van der Waals surface area (Å²) in [6.45, 7) is 7.41. The molecule has 96 valence electrons. The van der Waals surface area contributed by atoms with Crippen LogP contribution in [0.2, 0.25) is 0 Å². The summed E-state index contributed by atoms with van der Waals surface area (Å²) in [7, 11) is 0. The number of nitrogens with zero attached hydrogens (tertiary/aromatic N) is 1. The lowest BCUT2D eigenvalue weighted by Gasteiger charge is -2.31. The maximum atomic E-state index is 8.97. The second kappa shape index (κ2) is 6.62. The zero-order valence-electron chi connectivity index (χ0n) is 11.1. The topological polar surface area (TPSA) is 49.5 Å². The van der Waals surface area contributed by atoms with Crippen molar-refractivity contribution in [3.8, 4) is 0 Å². The van der Waals surface area contributed by atoms with Crippen molar-refractivity contribution in [1.82, 2.24) is 0 Å². The summed E-state index contributed by atoms with van der Waals surface area (Å²) in [6, 6.07) is 8.68. The SMILES string of the molecule is CC(C)N(CCCO)c1ccccc1[C@@H](C)N. The van der Waals surface area contributed by atoms with Crippen LogP contribution in [0.4, 0.5) is 5.69 Å². The van der Waals surface area contributed by atoms with E-state index in [0.29, 0.717) is 6.04 Å². The van der Waals surface area contributed by atoms with Crippen molar-refractivity contribution in [2.24, 2.45) is 5.73 Å². The van der Waals surface area contributed by atoms with Gasteiger partial charge in [-0.1, -0.05) is 18.2 Å². The number of rotatable bonds is 6. The highest BCUT2D eigenvalue weighted by molar-refractivity contribution is 5.55. The molecule has 0 aliphatic rings. The molecule has 0 unspecified atom stereocenters. The van der Waals surface area contributed by atoms with Gasteiger partial charge >= 0.3 is 0 Å². The highest BCUT2D eigenvalue weighted by Crippen LogP contribution is 2.26. The highest BCUT2D eigenvalue weighted by Gasteiger charge is 2.15. The number of hydrogen-bond donors (Lipinski definition) is 2. The standard InChI is InChI=1S/C14H24N2O/c1-11(2)16(9-6-10-17)14-8-5-4-7-13(14)12(3)15/h4-5,7-8,11-12,17H,6,9-10,15H2,1-3H3/t12-/m1/s1. The van der Waals surface area contributed by atoms with Gasteiger partial charge in [0.1, 0.15) is 0 Å². The molecule has 0 aromatic heterocycles. The summed E-state index contributed by atoms with van der Waals surface area (Å²) in [5.74, 6) is 0. The van der Waals surface area contributed by atoms with Crippen LogP contribution in [-0.2, 0) is 0 Å². The van der Waals surface area contributed by atoms with Crippen LogP contribution in [0.5, 0.6) is 0 Å². The molecule has 0 saturated heterocycles. The summed E-state index contributed by atoms with van der Waals surface area (Å²) in [4.78, 5) is 2.30. The first-order valence-electron chi connectivity index (χ1n) is 6.30. The average molecular weight is 236 g/mol. The zero-order chi connectivity index (χ0) is 12.8. The smallest absolute Gasteiger partial charge is 0.0447 e. The monoisotopic (exact) mass is 236 g/mol. The predicted octanol–water partition coefficient (Wildman–Crippen LogP) is 2.30. The summed E-state index contributed by atoms with van der Waals surface area (Å²) in [5.41, 5.74) is 8.36. The van der Waals surface area contributed by atoms with Crippen molar-refractivity contribution in [3.05, 3.63) is 29.8 Å². The molecule has 3 N–H and O–H groups in total. The third-order valence-electron chi connectivity index (χ3n) is 2.92. The molecule has 0 saturated carbocycles. The fourth-order valence-corrected chi connectivity index (χ4v) is 2.03. The molecule has 3 heteroatoms. The molecular weight excluding hydrogens is 212 g/mol. The first-order chi connectivity index (χ1) is 8.07. The van der Waals surface area contributed by atoms with Crippen molar-refractivity contribution < 1.29 is 5.11 Å². The van der Waals surface area contributed by atoms with Crippen LogP contribution in [-0.4, -0.2) is 24.3 Å². The normalized spacial score (nSPS) is 12.8. The number of aliphatic hydroxyl groups excluding tert-OH is 1. The number of nitrogens with two attached hydrogens (primary N) is 1. The Labute approximate surface area is 104 Å². The van der Waals surface area contributed by atoms with Gasteiger partial charge in [0, 0.05) is 30.9 Å². The van der Waals surface area contributed by atoms with Gasteiger partial charge in [-0.2, -0.15) is 0 Å². The molecule has 0 radical (unpaired) electrons. The van der Waals surface area contributed by atoms with Crippen LogP contribution in [0, 0.1) is 0 Å². The first-order valence-corrected chi connectivity index (χ1v) is 6.30. The highest BCUT2D eigenvalue weighted by atomic mass is 16.3. The molecular formula is C14H24N2O. The van der Waals surface area contributed by atoms with Gasteiger partial charge in [0.05, 0.1) is 0 Å². The maximum absolute atomic E-state index is 8.97. The summed E-state index contributed by atoms with van der Waals surface area (Å²) in [6.07, 6.45) is 0.783. The van der Waals surface area contributed by atoms with Gasteiger partial charge in [-0.15, -0.1) is 0 Å². The molecule has 0 aliphatic heterocycles. The molecule has 17 heavy (non-hydrogen) atoms. The van der Waals surface area contributed by atoms with E-state index < -0.39 is 0 Å². The minimum absolute atomic E-state index is 0.0292. The molecule has 3 nitrogen and oxygen atoms in total. The van der Waals surface area contributed by atoms with Crippen molar-refractivity contribution in [1.29, 1.82) is 0 Å². The van der Waals surface area contributed by atoms with Crippen LogP contribution >= 0.6 is 0 Å². The zero-order valence-corrected chi connectivity index (χ0v) is 11.1. The second-order valence-electron chi connectivity index (χ2n) is 4.71. The third-order valence-corrected chi connectivity index (χ3v) is 2.92. The second-order valence-corrected chi connectivity index (χ2v) is 4.71. The Morgan fingerprint density at radius 2 is 1.88 bits per heavy atom. The van der Waals surface area contributed by atoms with E-state index in [9.17, 15) is 0 Å². The van der Waals surface area contributed by atoms with Crippen molar-refractivity contribution in [2.75, 3.05) is 18.1 Å². The molecule has 0 amide bonds. The Morgan fingerprint density at radius 1 is 1.24 bits per heavy atom. The van der Waals surface area contributed by atoms with Crippen molar-refractivity contribution in [3.63, 3.8) is 0 Å². The van der Waals surface area contributed by atoms with Crippen LogP contribution in [0.3, 0.4) is 0 Å². The van der Waals surface area contributed by atoms with E-state index >= 15 is 0 Å². The van der Waals surface area contributed by atoms with Gasteiger partial charge in [0.15, 0.2) is 0 Å². The van der Waals surface area contributed by atoms with Crippen LogP contribution < -0.4 is 10.6 Å². The molecule has 0 aliphatic carbocycles. The molecule has 1 atom stereocenters. The lowest BCUT2D eigenvalue weighted by atomic mass is 10.0. The minimum Gasteiger partial charge on any atom is -0.396 e. The number of benzene rings is 1. The molecule has 1 aromatic carbocycles. The Bertz CT molecular complexity index is 337. The fourth-order valence-electron chi connectivity index (χ4n) is 2.03. The van der Waals surface area contributed by atoms with Gasteiger partial charge in [-0.25, -0.2) is 0 Å². The number of anilines is 1. The van der Waals surface area contributed by atoms with Crippen LogP contribution in [0.1, 0.15) is 38.8 Å². The van der Waals surface area contributed by atoms with E-state index in [-0.39, 0.29) is 12.6 Å². The predicted molar refractivity (Wildman–Crippen MR) is 73.2 cm³/mol. The van der Waals surface area contributed by atoms with Gasteiger partial charge in [-0.3, -0.25) is 0 Å². The number of aliphatic hydroxyl groups is 1. The van der Waals surface area contributed by atoms with Gasteiger partial charge in [0.2, 0.25) is 0 Å². The molecule has 0 spiro atoms. The molecule has 0 fully saturated rings. The lowest BCUT2D eigenvalue weighted by molar-refractivity contribution is 0.288. The average Bonchev–Trinajstić information content (AvgIpc) is 2.29. The Hall–Kier alpha value is -1.06. The van der Waals surface area contributed by atoms with Crippen molar-refractivity contribution in [2.45, 2.75) is 39.3 Å². The lowest BCUT2D eigenvalue weighted by Crippen LogP contribution is -2.33. The van der Waals surface area contributed by atoms with E-state index in [0.717, 1.165) is 13.0 Å².